The van der Waals surface area contributed by atoms with Gasteiger partial charge in [-0.2, -0.15) is 0 Å². The van der Waals surface area contributed by atoms with Gasteiger partial charge in [0, 0.05) is 44.7 Å². The molecular weight excluding hydrogens is 268 g/mol. The summed E-state index contributed by atoms with van der Waals surface area (Å²) < 4.78 is 0. The highest BCUT2D eigenvalue weighted by molar-refractivity contribution is 5.78. The maximum atomic E-state index is 12.4. The number of piperazine rings is 1. The van der Waals surface area contributed by atoms with E-state index in [4.69, 9.17) is 5.73 Å². The number of rotatable bonds is 3. The van der Waals surface area contributed by atoms with Crippen LogP contribution in [0.4, 0.5) is 4.79 Å². The van der Waals surface area contributed by atoms with Crippen molar-refractivity contribution in [3.05, 3.63) is 0 Å². The minimum absolute atomic E-state index is 0.0350. The Labute approximate surface area is 127 Å². The highest BCUT2D eigenvalue weighted by Crippen LogP contribution is 2.29. The van der Waals surface area contributed by atoms with Gasteiger partial charge < -0.3 is 20.9 Å². The molecule has 3 amide bonds. The quantitative estimate of drug-likeness (QED) is 0.812. The third kappa shape index (κ3) is 4.33. The normalized spacial score (nSPS) is 22.0. The number of carbonyl (C=O) groups excluding carboxylic acids is 2. The molecule has 1 heterocycles. The molecule has 0 aromatic heterocycles. The summed E-state index contributed by atoms with van der Waals surface area (Å²) >= 11 is 0. The first-order valence-electron chi connectivity index (χ1n) is 8.13. The zero-order chi connectivity index (χ0) is 15.3. The lowest BCUT2D eigenvalue weighted by molar-refractivity contribution is -0.134. The number of nitrogens with zero attached hydrogens (tertiary/aromatic N) is 2. The Balaban J connectivity index is 1.79. The molecule has 0 aromatic rings. The van der Waals surface area contributed by atoms with Gasteiger partial charge in [-0.15, -0.1) is 0 Å². The van der Waals surface area contributed by atoms with Crippen LogP contribution >= 0.6 is 0 Å². The smallest absolute Gasteiger partial charge is 0.317 e. The fourth-order valence-corrected chi connectivity index (χ4v) is 3.27. The molecule has 6 heteroatoms. The zero-order valence-electron chi connectivity index (χ0n) is 13.1. The van der Waals surface area contributed by atoms with Crippen LogP contribution in [0.15, 0.2) is 0 Å². The molecule has 0 unspecified atom stereocenters. The number of hydrogen-bond donors (Lipinski definition) is 2. The third-order valence-electron chi connectivity index (χ3n) is 4.60. The van der Waals surface area contributed by atoms with Gasteiger partial charge in [0.1, 0.15) is 0 Å². The molecule has 0 aromatic carbocycles. The van der Waals surface area contributed by atoms with Gasteiger partial charge in [-0.3, -0.25) is 4.79 Å². The van der Waals surface area contributed by atoms with Crippen LogP contribution in [0.2, 0.25) is 0 Å². The van der Waals surface area contributed by atoms with Crippen molar-refractivity contribution in [3.63, 3.8) is 0 Å². The molecule has 1 saturated carbocycles. The van der Waals surface area contributed by atoms with Gasteiger partial charge >= 0.3 is 6.03 Å². The van der Waals surface area contributed by atoms with Crippen molar-refractivity contribution < 1.29 is 9.59 Å². The minimum Gasteiger partial charge on any atom is -0.339 e. The predicted octanol–water partition coefficient (Wildman–Crippen LogP) is 0.912. The van der Waals surface area contributed by atoms with Crippen LogP contribution < -0.4 is 11.1 Å². The summed E-state index contributed by atoms with van der Waals surface area (Å²) in [6.45, 7) is 4.98. The van der Waals surface area contributed by atoms with Gasteiger partial charge in [-0.05, 0) is 19.8 Å². The van der Waals surface area contributed by atoms with Gasteiger partial charge in [0.05, 0.1) is 0 Å². The number of nitrogens with one attached hydrogen (secondary N) is 1. The topological polar surface area (TPSA) is 78.7 Å². The van der Waals surface area contributed by atoms with Crippen LogP contribution in [0.3, 0.4) is 0 Å². The average molecular weight is 296 g/mol. The van der Waals surface area contributed by atoms with E-state index >= 15 is 0 Å². The molecule has 2 fully saturated rings. The van der Waals surface area contributed by atoms with Crippen molar-refractivity contribution in [2.75, 3.05) is 32.7 Å². The second kappa shape index (κ2) is 7.11. The number of urea groups is 1. The molecular formula is C15H28N4O2. The molecule has 3 N–H and O–H groups in total. The highest BCUT2D eigenvalue weighted by Gasteiger charge is 2.33. The Bertz CT molecular complexity index is 372. The van der Waals surface area contributed by atoms with Crippen LogP contribution in [-0.2, 0) is 4.79 Å². The number of carbonyl (C=O) groups is 2. The summed E-state index contributed by atoms with van der Waals surface area (Å²) in [5.74, 6) is 0.148. The average Bonchev–Trinajstić information content (AvgIpc) is 2.48. The van der Waals surface area contributed by atoms with Crippen LogP contribution in [0.1, 0.15) is 45.4 Å². The molecule has 0 bridgehead atoms. The molecule has 0 spiro atoms. The van der Waals surface area contributed by atoms with Crippen LogP contribution in [-0.4, -0.2) is 60.0 Å². The molecule has 0 radical (unpaired) electrons. The lowest BCUT2D eigenvalue weighted by Crippen LogP contribution is -2.55. The Kier molecular flexibility index (Phi) is 5.45. The van der Waals surface area contributed by atoms with Crippen molar-refractivity contribution in [1.82, 2.24) is 15.1 Å². The Morgan fingerprint density at radius 1 is 1.05 bits per heavy atom. The van der Waals surface area contributed by atoms with Crippen LogP contribution in [0, 0.1) is 0 Å². The molecule has 1 aliphatic heterocycles. The standard InChI is InChI=1S/C15H28N4O2/c1-2-17-14(21)19-10-8-18(9-11-19)13(20)12-15(16)6-4-3-5-7-15/h2-12,16H2,1H3,(H,17,21). The van der Waals surface area contributed by atoms with Gasteiger partial charge in [0.15, 0.2) is 0 Å². The summed E-state index contributed by atoms with van der Waals surface area (Å²) in [7, 11) is 0. The Morgan fingerprint density at radius 3 is 2.19 bits per heavy atom. The molecule has 2 aliphatic rings. The Hall–Kier alpha value is -1.30. The van der Waals surface area contributed by atoms with Gasteiger partial charge in [-0.25, -0.2) is 4.79 Å². The van der Waals surface area contributed by atoms with Crippen molar-refractivity contribution in [3.8, 4) is 0 Å². The highest BCUT2D eigenvalue weighted by atomic mass is 16.2. The fraction of sp³-hybridized carbons (Fsp3) is 0.867. The largest absolute Gasteiger partial charge is 0.339 e. The lowest BCUT2D eigenvalue weighted by Gasteiger charge is -2.38. The van der Waals surface area contributed by atoms with E-state index in [0.29, 0.717) is 39.1 Å². The number of hydrogen-bond acceptors (Lipinski definition) is 3. The van der Waals surface area contributed by atoms with E-state index in [1.54, 1.807) is 4.90 Å². The summed E-state index contributed by atoms with van der Waals surface area (Å²) in [6.07, 6.45) is 5.87. The van der Waals surface area contributed by atoms with E-state index in [2.05, 4.69) is 5.32 Å². The molecule has 2 rings (SSSR count). The maximum Gasteiger partial charge on any atom is 0.317 e. The first-order valence-corrected chi connectivity index (χ1v) is 8.13. The number of nitrogens with two attached hydrogens (primary N) is 1. The van der Waals surface area contributed by atoms with Crippen molar-refractivity contribution in [2.45, 2.75) is 51.0 Å². The van der Waals surface area contributed by atoms with Crippen molar-refractivity contribution in [2.24, 2.45) is 5.73 Å². The van der Waals surface area contributed by atoms with E-state index in [1.165, 1.54) is 6.42 Å². The van der Waals surface area contributed by atoms with Crippen LogP contribution in [0.25, 0.3) is 0 Å². The lowest BCUT2D eigenvalue weighted by atomic mass is 9.80. The molecule has 6 nitrogen and oxygen atoms in total. The third-order valence-corrected chi connectivity index (χ3v) is 4.60. The second-order valence-electron chi connectivity index (χ2n) is 6.30. The van der Waals surface area contributed by atoms with E-state index in [9.17, 15) is 9.59 Å². The van der Waals surface area contributed by atoms with E-state index < -0.39 is 0 Å². The molecule has 0 atom stereocenters. The summed E-state index contributed by atoms with van der Waals surface area (Å²) in [6, 6.07) is -0.0350. The Morgan fingerprint density at radius 2 is 1.62 bits per heavy atom. The number of amides is 3. The van der Waals surface area contributed by atoms with Gasteiger partial charge in [0.2, 0.25) is 5.91 Å². The summed E-state index contributed by atoms with van der Waals surface area (Å²) in [5.41, 5.74) is 6.06. The maximum absolute atomic E-state index is 12.4. The molecule has 120 valence electrons. The second-order valence-corrected chi connectivity index (χ2v) is 6.30. The minimum atomic E-state index is -0.300. The van der Waals surface area contributed by atoms with E-state index in [-0.39, 0.29) is 17.5 Å². The first kappa shape index (κ1) is 16.1. The zero-order valence-corrected chi connectivity index (χ0v) is 13.1. The van der Waals surface area contributed by atoms with E-state index in [1.807, 2.05) is 11.8 Å². The molecule has 1 saturated heterocycles. The fourth-order valence-electron chi connectivity index (χ4n) is 3.27. The monoisotopic (exact) mass is 296 g/mol. The summed E-state index contributed by atoms with van der Waals surface area (Å²) in [5, 5.41) is 2.79. The van der Waals surface area contributed by atoms with Crippen LogP contribution in [0.5, 0.6) is 0 Å². The SMILES string of the molecule is CCNC(=O)N1CCN(C(=O)CC2(N)CCCCC2)CC1. The van der Waals surface area contributed by atoms with Gasteiger partial charge in [0.25, 0.3) is 0 Å². The summed E-state index contributed by atoms with van der Waals surface area (Å²) in [4.78, 5) is 27.8. The van der Waals surface area contributed by atoms with Gasteiger partial charge in [-0.1, -0.05) is 19.3 Å². The molecule has 1 aliphatic carbocycles. The van der Waals surface area contributed by atoms with Crippen molar-refractivity contribution >= 4 is 11.9 Å². The first-order chi connectivity index (χ1) is 10.0. The predicted molar refractivity (Wildman–Crippen MR) is 81.8 cm³/mol. The van der Waals surface area contributed by atoms with E-state index in [0.717, 1.165) is 25.7 Å². The molecule has 21 heavy (non-hydrogen) atoms. The van der Waals surface area contributed by atoms with Crippen molar-refractivity contribution in [1.29, 1.82) is 0 Å².